The van der Waals surface area contributed by atoms with Crippen LogP contribution in [0.3, 0.4) is 0 Å². The number of methoxy groups -OCH3 is 2. The first-order chi connectivity index (χ1) is 13.6. The van der Waals surface area contributed by atoms with Crippen molar-refractivity contribution in [2.45, 2.75) is 18.4 Å². The minimum absolute atomic E-state index is 0.0139. The summed E-state index contributed by atoms with van der Waals surface area (Å²) < 4.78 is 10.7. The molecule has 6 nitrogen and oxygen atoms in total. The zero-order valence-corrected chi connectivity index (χ0v) is 16.5. The van der Waals surface area contributed by atoms with Crippen molar-refractivity contribution >= 4 is 11.7 Å². The zero-order valence-electron chi connectivity index (χ0n) is 16.5. The average Bonchev–Trinajstić information content (AvgIpc) is 3.54. The van der Waals surface area contributed by atoms with Crippen molar-refractivity contribution in [3.05, 3.63) is 54.1 Å². The lowest BCUT2D eigenvalue weighted by molar-refractivity contribution is 0.189. The van der Waals surface area contributed by atoms with Crippen LogP contribution in [0.4, 0.5) is 10.5 Å². The molecule has 2 aliphatic rings. The van der Waals surface area contributed by atoms with Gasteiger partial charge in [0.05, 0.1) is 19.8 Å². The van der Waals surface area contributed by atoms with Crippen LogP contribution in [0.15, 0.2) is 48.5 Å². The maximum atomic E-state index is 12.9. The van der Waals surface area contributed by atoms with Gasteiger partial charge < -0.3 is 24.6 Å². The molecule has 0 atom stereocenters. The first-order valence-electron chi connectivity index (χ1n) is 9.75. The lowest BCUT2D eigenvalue weighted by Gasteiger charge is -2.37. The van der Waals surface area contributed by atoms with Gasteiger partial charge in [0.1, 0.15) is 0 Å². The van der Waals surface area contributed by atoms with Crippen molar-refractivity contribution in [2.24, 2.45) is 0 Å². The first-order valence-corrected chi connectivity index (χ1v) is 9.75. The molecule has 6 heteroatoms. The van der Waals surface area contributed by atoms with Gasteiger partial charge in [0.25, 0.3) is 0 Å². The number of benzene rings is 2. The average molecular weight is 381 g/mol. The summed E-state index contributed by atoms with van der Waals surface area (Å²) in [5, 5.41) is 3.27. The van der Waals surface area contributed by atoms with Crippen LogP contribution in [-0.2, 0) is 5.54 Å². The van der Waals surface area contributed by atoms with E-state index in [2.05, 4.69) is 22.3 Å². The molecule has 0 aromatic heterocycles. The monoisotopic (exact) mass is 381 g/mol. The van der Waals surface area contributed by atoms with Crippen LogP contribution >= 0.6 is 0 Å². The molecule has 1 heterocycles. The van der Waals surface area contributed by atoms with Gasteiger partial charge >= 0.3 is 6.03 Å². The number of para-hydroxylation sites is 1. The van der Waals surface area contributed by atoms with Gasteiger partial charge in [0.15, 0.2) is 11.5 Å². The van der Waals surface area contributed by atoms with E-state index in [1.165, 1.54) is 5.69 Å². The molecular formula is C22H27N3O3. The molecule has 2 amide bonds. The van der Waals surface area contributed by atoms with Crippen molar-refractivity contribution in [2.75, 3.05) is 45.3 Å². The molecule has 1 saturated carbocycles. The number of piperazine rings is 1. The standard InChI is InChI=1S/C22H27N3O3/c1-27-19-9-8-17(16-20(19)28-2)22(10-11-22)23-21(26)25-14-12-24(13-15-25)18-6-4-3-5-7-18/h3-9,16H,10-15H2,1-2H3,(H,23,26). The molecule has 0 radical (unpaired) electrons. The van der Waals surface area contributed by atoms with Crippen LogP contribution < -0.4 is 19.7 Å². The molecule has 2 aromatic rings. The minimum atomic E-state index is -0.285. The third-order valence-corrected chi connectivity index (χ3v) is 5.72. The summed E-state index contributed by atoms with van der Waals surface area (Å²) in [7, 11) is 3.26. The van der Waals surface area contributed by atoms with Crippen LogP contribution in [0.1, 0.15) is 18.4 Å². The summed E-state index contributed by atoms with van der Waals surface area (Å²) in [5.74, 6) is 1.39. The largest absolute Gasteiger partial charge is 0.493 e. The number of anilines is 1. The summed E-state index contributed by atoms with van der Waals surface area (Å²) in [4.78, 5) is 17.1. The third-order valence-electron chi connectivity index (χ3n) is 5.72. The quantitative estimate of drug-likeness (QED) is 0.864. The normalized spacial score (nSPS) is 17.8. The van der Waals surface area contributed by atoms with Crippen molar-refractivity contribution in [1.82, 2.24) is 10.2 Å². The van der Waals surface area contributed by atoms with Gasteiger partial charge in [0, 0.05) is 31.9 Å². The van der Waals surface area contributed by atoms with E-state index >= 15 is 0 Å². The summed E-state index contributed by atoms with van der Waals surface area (Å²) in [6, 6.07) is 16.3. The Hall–Kier alpha value is -2.89. The number of urea groups is 1. The Morgan fingerprint density at radius 2 is 1.61 bits per heavy atom. The number of hydrogen-bond donors (Lipinski definition) is 1. The lowest BCUT2D eigenvalue weighted by atomic mass is 10.0. The molecule has 1 aliphatic heterocycles. The van der Waals surface area contributed by atoms with Crippen molar-refractivity contribution in [3.8, 4) is 11.5 Å². The number of carbonyl (C=O) groups is 1. The van der Waals surface area contributed by atoms with Gasteiger partial charge in [-0.2, -0.15) is 0 Å². The number of hydrogen-bond acceptors (Lipinski definition) is 4. The van der Waals surface area contributed by atoms with Gasteiger partial charge in [-0.3, -0.25) is 0 Å². The van der Waals surface area contributed by atoms with Crippen molar-refractivity contribution in [1.29, 1.82) is 0 Å². The third kappa shape index (κ3) is 3.59. The summed E-state index contributed by atoms with van der Waals surface area (Å²) in [5.41, 5.74) is 2.00. The Kier molecular flexibility index (Phi) is 5.03. The number of amides is 2. The number of nitrogens with zero attached hydrogens (tertiary/aromatic N) is 2. The van der Waals surface area contributed by atoms with E-state index < -0.39 is 0 Å². The highest BCUT2D eigenvalue weighted by Gasteiger charge is 2.47. The predicted octanol–water partition coefficient (Wildman–Crippen LogP) is 3.22. The highest BCUT2D eigenvalue weighted by molar-refractivity contribution is 5.76. The minimum Gasteiger partial charge on any atom is -0.493 e. The fourth-order valence-electron chi connectivity index (χ4n) is 3.84. The SMILES string of the molecule is COc1ccc(C2(NC(=O)N3CCN(c4ccccc4)CC3)CC2)cc1OC. The Morgan fingerprint density at radius 3 is 2.21 bits per heavy atom. The molecule has 1 N–H and O–H groups in total. The molecular weight excluding hydrogens is 354 g/mol. The highest BCUT2D eigenvalue weighted by Crippen LogP contribution is 2.47. The Bertz CT molecular complexity index is 828. The fourth-order valence-corrected chi connectivity index (χ4v) is 3.84. The number of nitrogens with one attached hydrogen (secondary N) is 1. The summed E-state index contributed by atoms with van der Waals surface area (Å²) in [6.45, 7) is 3.15. The van der Waals surface area contributed by atoms with E-state index in [4.69, 9.17) is 9.47 Å². The lowest BCUT2D eigenvalue weighted by Crippen LogP contribution is -2.53. The van der Waals surface area contributed by atoms with Crippen LogP contribution in [0.25, 0.3) is 0 Å². The number of carbonyl (C=O) groups excluding carboxylic acids is 1. The molecule has 4 rings (SSSR count). The topological polar surface area (TPSA) is 54.0 Å². The summed E-state index contributed by atoms with van der Waals surface area (Å²) >= 11 is 0. The van der Waals surface area contributed by atoms with Crippen LogP contribution in [0.5, 0.6) is 11.5 Å². The molecule has 148 valence electrons. The van der Waals surface area contributed by atoms with E-state index in [9.17, 15) is 4.79 Å². The number of ether oxygens (including phenoxy) is 2. The van der Waals surface area contributed by atoms with Gasteiger partial charge in [0.2, 0.25) is 0 Å². The second-order valence-corrected chi connectivity index (χ2v) is 7.39. The van der Waals surface area contributed by atoms with E-state index in [-0.39, 0.29) is 11.6 Å². The Labute approximate surface area is 166 Å². The molecule has 1 aliphatic carbocycles. The van der Waals surface area contributed by atoms with E-state index in [0.29, 0.717) is 11.5 Å². The fraction of sp³-hybridized carbons (Fsp3) is 0.409. The van der Waals surface area contributed by atoms with E-state index in [1.807, 2.05) is 41.3 Å². The van der Waals surface area contributed by atoms with E-state index in [1.54, 1.807) is 14.2 Å². The van der Waals surface area contributed by atoms with Gasteiger partial charge in [-0.05, 0) is 42.7 Å². The first kappa shape index (κ1) is 18.5. The van der Waals surface area contributed by atoms with Crippen LogP contribution in [0, 0.1) is 0 Å². The van der Waals surface area contributed by atoms with E-state index in [0.717, 1.165) is 44.6 Å². The second kappa shape index (κ2) is 7.62. The molecule has 2 fully saturated rings. The van der Waals surface area contributed by atoms with Crippen molar-refractivity contribution in [3.63, 3.8) is 0 Å². The van der Waals surface area contributed by atoms with Gasteiger partial charge in [-0.1, -0.05) is 24.3 Å². The second-order valence-electron chi connectivity index (χ2n) is 7.39. The van der Waals surface area contributed by atoms with Gasteiger partial charge in [-0.15, -0.1) is 0 Å². The highest BCUT2D eigenvalue weighted by atomic mass is 16.5. The maximum absolute atomic E-state index is 12.9. The Morgan fingerprint density at radius 1 is 0.929 bits per heavy atom. The van der Waals surface area contributed by atoms with Crippen molar-refractivity contribution < 1.29 is 14.3 Å². The number of rotatable bonds is 5. The zero-order chi connectivity index (χ0) is 19.6. The molecule has 0 spiro atoms. The molecule has 0 bridgehead atoms. The Balaban J connectivity index is 1.39. The van der Waals surface area contributed by atoms with Crippen LogP contribution in [0.2, 0.25) is 0 Å². The predicted molar refractivity (Wildman–Crippen MR) is 109 cm³/mol. The van der Waals surface area contributed by atoms with Gasteiger partial charge in [-0.25, -0.2) is 4.79 Å². The van der Waals surface area contributed by atoms with Crippen LogP contribution in [-0.4, -0.2) is 51.3 Å². The molecule has 28 heavy (non-hydrogen) atoms. The maximum Gasteiger partial charge on any atom is 0.318 e. The molecule has 1 saturated heterocycles. The molecule has 0 unspecified atom stereocenters. The smallest absolute Gasteiger partial charge is 0.318 e. The molecule has 2 aromatic carbocycles. The summed E-state index contributed by atoms with van der Waals surface area (Å²) in [6.07, 6.45) is 1.89.